The van der Waals surface area contributed by atoms with Crippen LogP contribution in [-0.4, -0.2) is 0 Å². The monoisotopic (exact) mass is 173 g/mol. The molecule has 10 heavy (non-hydrogen) atoms. The summed E-state index contributed by atoms with van der Waals surface area (Å²) in [6.07, 6.45) is 0. The van der Waals surface area contributed by atoms with Crippen LogP contribution in [0.15, 0.2) is 6.07 Å². The average molecular weight is 174 g/mol. The summed E-state index contributed by atoms with van der Waals surface area (Å²) in [5, 5.41) is 1.08. The van der Waals surface area contributed by atoms with Crippen molar-refractivity contribution in [3.8, 4) is 0 Å². The molecule has 1 rings (SSSR count). The Labute approximate surface area is 70.8 Å². The second-order valence-electron chi connectivity index (χ2n) is 2.24. The molecular formula is C8H7Cl2. The third kappa shape index (κ3) is 1.44. The molecule has 1 aromatic rings. The number of rotatable bonds is 0. The molecule has 1 radical (unpaired) electrons. The first kappa shape index (κ1) is 7.90. The van der Waals surface area contributed by atoms with E-state index in [4.69, 9.17) is 23.2 Å². The van der Waals surface area contributed by atoms with Crippen molar-refractivity contribution >= 4 is 23.2 Å². The third-order valence-electron chi connectivity index (χ3n) is 1.44. The molecule has 0 unspecified atom stereocenters. The molecule has 2 heteroatoms. The summed E-state index contributed by atoms with van der Waals surface area (Å²) >= 11 is 11.4. The zero-order chi connectivity index (χ0) is 7.72. The lowest BCUT2D eigenvalue weighted by Crippen LogP contribution is -1.80. The van der Waals surface area contributed by atoms with E-state index < -0.39 is 0 Å². The van der Waals surface area contributed by atoms with E-state index in [0.29, 0.717) is 10.0 Å². The van der Waals surface area contributed by atoms with Gasteiger partial charge in [0.15, 0.2) is 0 Å². The van der Waals surface area contributed by atoms with Crippen LogP contribution in [0.5, 0.6) is 0 Å². The highest BCUT2D eigenvalue weighted by Crippen LogP contribution is 2.24. The van der Waals surface area contributed by atoms with Gasteiger partial charge in [-0.05, 0) is 31.0 Å². The number of hydrogen-bond acceptors (Lipinski definition) is 0. The zero-order valence-electron chi connectivity index (χ0n) is 5.83. The van der Waals surface area contributed by atoms with E-state index in [9.17, 15) is 0 Å². The maximum Gasteiger partial charge on any atom is 0.0674 e. The summed E-state index contributed by atoms with van der Waals surface area (Å²) in [4.78, 5) is 0. The standard InChI is InChI=1S/C8H7Cl2/c1-5-3-7(9)8(10)4-6(5)2/h3H,1-2H3. The molecule has 53 valence electrons. The Morgan fingerprint density at radius 1 is 1.30 bits per heavy atom. The van der Waals surface area contributed by atoms with Gasteiger partial charge in [0.2, 0.25) is 0 Å². The Bertz CT molecular complexity index is 203. The van der Waals surface area contributed by atoms with Crippen LogP contribution in [-0.2, 0) is 0 Å². The minimum atomic E-state index is 0.504. The SMILES string of the molecule is Cc1[c]c(Cl)c(Cl)cc1C. The van der Waals surface area contributed by atoms with Gasteiger partial charge in [0, 0.05) is 6.07 Å². The highest BCUT2D eigenvalue weighted by Gasteiger charge is 1.99. The summed E-state index contributed by atoms with van der Waals surface area (Å²) in [6.45, 7) is 3.94. The van der Waals surface area contributed by atoms with Crippen molar-refractivity contribution < 1.29 is 0 Å². The van der Waals surface area contributed by atoms with Gasteiger partial charge < -0.3 is 0 Å². The fraction of sp³-hybridized carbons (Fsp3) is 0.250. The first-order valence-corrected chi connectivity index (χ1v) is 3.71. The third-order valence-corrected chi connectivity index (χ3v) is 2.13. The fourth-order valence-corrected chi connectivity index (χ4v) is 1.09. The Balaban J connectivity index is 3.28. The second-order valence-corrected chi connectivity index (χ2v) is 3.02. The quantitative estimate of drug-likeness (QED) is 0.565. The van der Waals surface area contributed by atoms with E-state index >= 15 is 0 Å². The predicted molar refractivity (Wildman–Crippen MR) is 44.8 cm³/mol. The van der Waals surface area contributed by atoms with Crippen molar-refractivity contribution in [2.75, 3.05) is 0 Å². The molecule has 0 heterocycles. The van der Waals surface area contributed by atoms with Crippen LogP contribution < -0.4 is 0 Å². The van der Waals surface area contributed by atoms with Gasteiger partial charge >= 0.3 is 0 Å². The summed E-state index contributed by atoms with van der Waals surface area (Å²) in [5.41, 5.74) is 2.17. The molecule has 0 amide bonds. The highest BCUT2D eigenvalue weighted by atomic mass is 35.5. The summed E-state index contributed by atoms with van der Waals surface area (Å²) in [5.74, 6) is 0. The largest absolute Gasteiger partial charge is 0.0827 e. The van der Waals surface area contributed by atoms with Gasteiger partial charge in [-0.3, -0.25) is 0 Å². The molecule has 0 fully saturated rings. The van der Waals surface area contributed by atoms with E-state index in [1.165, 1.54) is 0 Å². The van der Waals surface area contributed by atoms with E-state index in [2.05, 4.69) is 6.07 Å². The molecule has 0 aromatic heterocycles. The molecule has 1 aromatic carbocycles. The molecule has 0 saturated heterocycles. The average Bonchev–Trinajstić information content (AvgIpc) is 1.84. The number of aryl methyl sites for hydroxylation is 2. The van der Waals surface area contributed by atoms with Crippen molar-refractivity contribution in [2.45, 2.75) is 13.8 Å². The molecule has 0 bridgehead atoms. The van der Waals surface area contributed by atoms with Gasteiger partial charge in [0.25, 0.3) is 0 Å². The van der Waals surface area contributed by atoms with Crippen LogP contribution in [0.4, 0.5) is 0 Å². The predicted octanol–water partition coefficient (Wildman–Crippen LogP) is 3.41. The lowest BCUT2D eigenvalue weighted by molar-refractivity contribution is 1.33. The van der Waals surface area contributed by atoms with Crippen molar-refractivity contribution in [2.24, 2.45) is 0 Å². The molecule has 0 aliphatic heterocycles. The van der Waals surface area contributed by atoms with Crippen LogP contribution in [0.3, 0.4) is 0 Å². The van der Waals surface area contributed by atoms with Crippen LogP contribution in [0, 0.1) is 19.9 Å². The smallest absolute Gasteiger partial charge is 0.0674 e. The van der Waals surface area contributed by atoms with Crippen molar-refractivity contribution in [1.82, 2.24) is 0 Å². The van der Waals surface area contributed by atoms with Crippen molar-refractivity contribution in [1.29, 1.82) is 0 Å². The maximum absolute atomic E-state index is 5.72. The van der Waals surface area contributed by atoms with Gasteiger partial charge in [0.1, 0.15) is 0 Å². The minimum Gasteiger partial charge on any atom is -0.0827 e. The van der Waals surface area contributed by atoms with Crippen LogP contribution >= 0.6 is 23.2 Å². The molecule has 0 atom stereocenters. The molecular weight excluding hydrogens is 167 g/mol. The van der Waals surface area contributed by atoms with Gasteiger partial charge in [-0.15, -0.1) is 0 Å². The number of halogens is 2. The topological polar surface area (TPSA) is 0 Å². The Hall–Kier alpha value is -0.200. The summed E-state index contributed by atoms with van der Waals surface area (Å²) in [7, 11) is 0. The van der Waals surface area contributed by atoms with Crippen LogP contribution in [0.25, 0.3) is 0 Å². The minimum absolute atomic E-state index is 0.504. The van der Waals surface area contributed by atoms with Crippen molar-refractivity contribution in [3.05, 3.63) is 33.3 Å². The van der Waals surface area contributed by atoms with Gasteiger partial charge in [-0.1, -0.05) is 23.2 Å². The van der Waals surface area contributed by atoms with Gasteiger partial charge in [-0.2, -0.15) is 0 Å². The van der Waals surface area contributed by atoms with E-state index in [1.54, 1.807) is 0 Å². The number of benzene rings is 1. The lowest BCUT2D eigenvalue weighted by atomic mass is 10.1. The van der Waals surface area contributed by atoms with Gasteiger partial charge in [0.05, 0.1) is 10.0 Å². The first-order valence-electron chi connectivity index (χ1n) is 2.96. The Morgan fingerprint density at radius 2 is 1.90 bits per heavy atom. The lowest BCUT2D eigenvalue weighted by Gasteiger charge is -2.00. The Kier molecular flexibility index (Phi) is 2.22. The molecule has 0 aliphatic rings. The zero-order valence-corrected chi connectivity index (χ0v) is 7.35. The van der Waals surface area contributed by atoms with E-state index in [1.807, 2.05) is 19.9 Å². The number of hydrogen-bond donors (Lipinski definition) is 0. The Morgan fingerprint density at radius 3 is 2.40 bits per heavy atom. The van der Waals surface area contributed by atoms with E-state index in [-0.39, 0.29) is 0 Å². The van der Waals surface area contributed by atoms with Gasteiger partial charge in [-0.25, -0.2) is 0 Å². The maximum atomic E-state index is 5.72. The first-order chi connectivity index (χ1) is 4.61. The molecule has 0 aliphatic carbocycles. The molecule has 0 spiro atoms. The van der Waals surface area contributed by atoms with Crippen molar-refractivity contribution in [3.63, 3.8) is 0 Å². The summed E-state index contributed by atoms with van der Waals surface area (Å²) in [6, 6.07) is 4.78. The summed E-state index contributed by atoms with van der Waals surface area (Å²) < 4.78 is 0. The highest BCUT2D eigenvalue weighted by molar-refractivity contribution is 6.41. The fourth-order valence-electron chi connectivity index (χ4n) is 0.685. The molecule has 0 nitrogen and oxygen atoms in total. The van der Waals surface area contributed by atoms with E-state index in [0.717, 1.165) is 11.1 Å². The normalized spacial score (nSPS) is 10.0. The van der Waals surface area contributed by atoms with Crippen LogP contribution in [0.1, 0.15) is 11.1 Å². The molecule has 0 N–H and O–H groups in total. The second kappa shape index (κ2) is 2.81. The van der Waals surface area contributed by atoms with Crippen LogP contribution in [0.2, 0.25) is 10.0 Å². The molecule has 0 saturated carbocycles.